The second-order valence-corrected chi connectivity index (χ2v) is 9.39. The molecule has 1 aromatic carbocycles. The number of nitrogens with zero attached hydrogens (tertiary/aromatic N) is 3. The number of amidine groups is 1. The van der Waals surface area contributed by atoms with Crippen molar-refractivity contribution in [2.24, 2.45) is 21.2 Å². The van der Waals surface area contributed by atoms with E-state index in [1.54, 1.807) is 24.3 Å². The van der Waals surface area contributed by atoms with Crippen LogP contribution in [-0.2, 0) is 19.6 Å². The van der Waals surface area contributed by atoms with Gasteiger partial charge in [0.2, 0.25) is 17.1 Å². The van der Waals surface area contributed by atoms with Gasteiger partial charge in [-0.2, -0.15) is 0 Å². The lowest BCUT2D eigenvalue weighted by molar-refractivity contribution is -0.120. The largest absolute Gasteiger partial charge is 0.331 e. The van der Waals surface area contributed by atoms with Crippen molar-refractivity contribution in [1.82, 2.24) is 5.32 Å². The van der Waals surface area contributed by atoms with Crippen molar-refractivity contribution >= 4 is 44.9 Å². The molecule has 0 aliphatic carbocycles. The van der Waals surface area contributed by atoms with E-state index < -0.39 is 44.6 Å². The van der Waals surface area contributed by atoms with Crippen LogP contribution in [0.3, 0.4) is 0 Å². The van der Waals surface area contributed by atoms with E-state index in [9.17, 15) is 22.8 Å². The molecule has 0 bridgehead atoms. The van der Waals surface area contributed by atoms with Crippen LogP contribution in [-0.4, -0.2) is 49.4 Å². The summed E-state index contributed by atoms with van der Waals surface area (Å²) in [6.07, 6.45) is 3.30. The Bertz CT molecular complexity index is 1150. The third-order valence-corrected chi connectivity index (χ3v) is 6.67. The first-order valence-electron chi connectivity index (χ1n) is 9.54. The zero-order chi connectivity index (χ0) is 21.6. The number of carbonyl (C=O) groups excluding carboxylic acids is 3. The molecule has 3 aliphatic rings. The third-order valence-electron chi connectivity index (χ3n) is 5.17. The normalized spacial score (nSPS) is 24.8. The summed E-state index contributed by atoms with van der Waals surface area (Å²) in [5.74, 6) is -3.46. The van der Waals surface area contributed by atoms with Gasteiger partial charge in [0, 0.05) is 18.3 Å². The number of allylic oxidation sites excluding steroid dienone is 1. The van der Waals surface area contributed by atoms with E-state index in [1.807, 2.05) is 13.8 Å². The fourth-order valence-electron chi connectivity index (χ4n) is 3.65. The number of benzene rings is 1. The molecule has 3 heterocycles. The van der Waals surface area contributed by atoms with Crippen LogP contribution >= 0.6 is 0 Å². The van der Waals surface area contributed by atoms with Gasteiger partial charge in [0.1, 0.15) is 0 Å². The molecule has 3 aliphatic heterocycles. The van der Waals surface area contributed by atoms with Gasteiger partial charge in [0.15, 0.2) is 17.5 Å². The molecule has 156 valence electrons. The summed E-state index contributed by atoms with van der Waals surface area (Å²) in [5, 5.41) is 0.726. The number of Topliss-reactive ketones (excluding diaryl/α,β-unsaturated/α-hetero) is 1. The average Bonchev–Trinajstić information content (AvgIpc) is 2.67. The summed E-state index contributed by atoms with van der Waals surface area (Å²) in [6, 6.07) is 6.71. The Hall–Kier alpha value is -3.14. The minimum Gasteiger partial charge on any atom is -0.331 e. The fourth-order valence-corrected chi connectivity index (χ4v) is 4.94. The molecule has 0 saturated heterocycles. The van der Waals surface area contributed by atoms with E-state index in [0.29, 0.717) is 30.1 Å². The number of amides is 2. The van der Waals surface area contributed by atoms with Gasteiger partial charge in [0.25, 0.3) is 10.0 Å². The molecule has 0 saturated carbocycles. The summed E-state index contributed by atoms with van der Waals surface area (Å²) in [5.41, 5.74) is 0.744. The van der Waals surface area contributed by atoms with E-state index in [0.717, 1.165) is 0 Å². The van der Waals surface area contributed by atoms with Crippen LogP contribution in [0.5, 0.6) is 0 Å². The number of para-hydroxylation sites is 1. The van der Waals surface area contributed by atoms with Crippen LogP contribution in [0.1, 0.15) is 30.6 Å². The highest BCUT2D eigenvalue weighted by Gasteiger charge is 2.47. The monoisotopic (exact) mass is 428 g/mol. The van der Waals surface area contributed by atoms with Crippen LogP contribution in [0.25, 0.3) is 0 Å². The molecular weight excluding hydrogens is 408 g/mol. The number of sulfonamides is 1. The maximum absolute atomic E-state index is 13.3. The Morgan fingerprint density at radius 1 is 1.17 bits per heavy atom. The van der Waals surface area contributed by atoms with E-state index >= 15 is 0 Å². The van der Waals surface area contributed by atoms with Gasteiger partial charge in [-0.25, -0.2) is 13.4 Å². The van der Waals surface area contributed by atoms with E-state index in [-0.39, 0.29) is 5.71 Å². The van der Waals surface area contributed by atoms with Crippen LogP contribution in [0.2, 0.25) is 0 Å². The molecule has 2 unspecified atom stereocenters. The lowest BCUT2D eigenvalue weighted by atomic mass is 9.88. The Labute approximate surface area is 173 Å². The maximum atomic E-state index is 13.3. The summed E-state index contributed by atoms with van der Waals surface area (Å²) < 4.78 is 28.9. The maximum Gasteiger partial charge on any atom is 0.272 e. The van der Waals surface area contributed by atoms with Crippen LogP contribution in [0, 0.1) is 11.8 Å². The van der Waals surface area contributed by atoms with Gasteiger partial charge in [-0.15, -0.1) is 4.40 Å². The first kappa shape index (κ1) is 20.1. The average molecular weight is 428 g/mol. The van der Waals surface area contributed by atoms with E-state index in [4.69, 9.17) is 0 Å². The molecule has 1 N–H and O–H groups in total. The Kier molecular flexibility index (Phi) is 4.89. The third kappa shape index (κ3) is 3.26. The summed E-state index contributed by atoms with van der Waals surface area (Å²) in [4.78, 5) is 44.1. The van der Waals surface area contributed by atoms with Gasteiger partial charge < -0.3 is 10.2 Å². The van der Waals surface area contributed by atoms with Gasteiger partial charge in [0.05, 0.1) is 11.4 Å². The zero-order valence-electron chi connectivity index (χ0n) is 16.4. The van der Waals surface area contributed by atoms with Crippen molar-refractivity contribution in [2.75, 3.05) is 11.4 Å². The molecular formula is C20H20N4O5S. The Balaban J connectivity index is 1.81. The zero-order valence-corrected chi connectivity index (χ0v) is 17.2. The smallest absolute Gasteiger partial charge is 0.272 e. The molecule has 0 aromatic heterocycles. The molecule has 4 rings (SSSR count). The van der Waals surface area contributed by atoms with Crippen LogP contribution in [0.4, 0.5) is 5.69 Å². The SMILES string of the molecule is CC(C)CCN1C(=O)C(C2=NS(=O)(=O)C3C(=O)NC=CC3=N2)C(=O)c2ccccc21. The van der Waals surface area contributed by atoms with E-state index in [2.05, 4.69) is 14.7 Å². The molecule has 0 radical (unpaired) electrons. The predicted octanol–water partition coefficient (Wildman–Crippen LogP) is 1.07. The van der Waals surface area contributed by atoms with Gasteiger partial charge in [-0.05, 0) is 30.5 Å². The molecule has 9 nitrogen and oxygen atoms in total. The number of carbonyl (C=O) groups is 3. The van der Waals surface area contributed by atoms with Crippen molar-refractivity contribution < 1.29 is 22.8 Å². The highest BCUT2D eigenvalue weighted by atomic mass is 32.2. The number of hydrogen-bond donors (Lipinski definition) is 1. The molecule has 2 atom stereocenters. The summed E-state index contributed by atoms with van der Waals surface area (Å²) >= 11 is 0. The van der Waals surface area contributed by atoms with Crippen molar-refractivity contribution in [3.63, 3.8) is 0 Å². The highest BCUT2D eigenvalue weighted by molar-refractivity contribution is 7.92. The van der Waals surface area contributed by atoms with Gasteiger partial charge in [-0.1, -0.05) is 26.0 Å². The van der Waals surface area contributed by atoms with Gasteiger partial charge >= 0.3 is 0 Å². The lowest BCUT2D eigenvalue weighted by Crippen LogP contribution is -2.51. The van der Waals surface area contributed by atoms with E-state index in [1.165, 1.54) is 17.2 Å². The Morgan fingerprint density at radius 2 is 1.90 bits per heavy atom. The number of rotatable bonds is 4. The quantitative estimate of drug-likeness (QED) is 0.718. The van der Waals surface area contributed by atoms with Crippen LogP contribution < -0.4 is 10.2 Å². The second-order valence-electron chi connectivity index (χ2n) is 7.71. The summed E-state index contributed by atoms with van der Waals surface area (Å²) in [7, 11) is -4.33. The molecule has 10 heteroatoms. The first-order valence-corrected chi connectivity index (χ1v) is 11.0. The fraction of sp³-hybridized carbons (Fsp3) is 0.350. The van der Waals surface area contributed by atoms with Gasteiger partial charge in [-0.3, -0.25) is 14.4 Å². The summed E-state index contributed by atoms with van der Waals surface area (Å²) in [6.45, 7) is 4.42. The minimum absolute atomic E-state index is 0.0584. The lowest BCUT2D eigenvalue weighted by Gasteiger charge is -2.34. The number of aliphatic imine (C=N–C) groups is 1. The van der Waals surface area contributed by atoms with Crippen molar-refractivity contribution in [1.29, 1.82) is 0 Å². The highest BCUT2D eigenvalue weighted by Crippen LogP contribution is 2.33. The second kappa shape index (κ2) is 7.28. The molecule has 0 spiro atoms. The number of hydrogen-bond acceptors (Lipinski definition) is 6. The molecule has 0 fully saturated rings. The topological polar surface area (TPSA) is 125 Å². The van der Waals surface area contributed by atoms with Crippen molar-refractivity contribution in [2.45, 2.75) is 25.5 Å². The number of fused-ring (bicyclic) bond motifs is 2. The first-order chi connectivity index (χ1) is 14.2. The predicted molar refractivity (Wildman–Crippen MR) is 111 cm³/mol. The molecule has 2 amide bonds. The minimum atomic E-state index is -4.33. The Morgan fingerprint density at radius 3 is 2.63 bits per heavy atom. The van der Waals surface area contributed by atoms with Crippen molar-refractivity contribution in [3.05, 3.63) is 42.1 Å². The standard InChI is InChI=1S/C20H20N4O5S/c1-11(2)8-10-24-14-6-4-3-5-12(14)16(25)15(20(24)27)18-22-13-7-9-21-19(26)17(13)30(28,29)23-18/h3-7,9,11,15,17H,8,10H2,1-2H3,(H,21,26). The van der Waals surface area contributed by atoms with Crippen LogP contribution in [0.15, 0.2) is 45.9 Å². The van der Waals surface area contributed by atoms with Crippen molar-refractivity contribution in [3.8, 4) is 0 Å². The number of ketones is 1. The molecule has 1 aromatic rings. The number of anilines is 1. The molecule has 30 heavy (non-hydrogen) atoms. The number of nitrogens with one attached hydrogen (secondary N) is 1.